The molecular weight excluding hydrogens is 392 g/mol. The molecule has 2 aromatic rings. The highest BCUT2D eigenvalue weighted by molar-refractivity contribution is 6.47. The molecule has 1 aromatic heterocycles. The van der Waals surface area contributed by atoms with E-state index in [0.29, 0.717) is 24.5 Å². The first-order valence-electron chi connectivity index (χ1n) is 9.60. The molecule has 1 saturated heterocycles. The van der Waals surface area contributed by atoms with Gasteiger partial charge >= 0.3 is 0 Å². The molecule has 0 bridgehead atoms. The van der Waals surface area contributed by atoms with Crippen molar-refractivity contribution in [1.82, 2.24) is 9.88 Å². The molecule has 0 saturated carbocycles. The van der Waals surface area contributed by atoms with E-state index < -0.39 is 17.7 Å². The van der Waals surface area contributed by atoms with Crippen LogP contribution in [0.25, 0.3) is 5.76 Å². The minimum absolute atomic E-state index is 0.0212. The number of benzene rings is 1. The third-order valence-corrected chi connectivity index (χ3v) is 5.15. The number of carbonyl (C=O) groups excluding carboxylic acids is 2. The molecule has 6 nitrogen and oxygen atoms in total. The van der Waals surface area contributed by atoms with Crippen molar-refractivity contribution in [3.8, 4) is 5.75 Å². The van der Waals surface area contributed by atoms with E-state index in [4.69, 9.17) is 16.3 Å². The van der Waals surface area contributed by atoms with E-state index in [1.807, 2.05) is 13.8 Å². The maximum atomic E-state index is 12.9. The van der Waals surface area contributed by atoms with Crippen molar-refractivity contribution in [2.24, 2.45) is 0 Å². The Morgan fingerprint density at radius 3 is 2.59 bits per heavy atom. The summed E-state index contributed by atoms with van der Waals surface area (Å²) in [6.07, 6.45) is 4.81. The van der Waals surface area contributed by atoms with E-state index in [2.05, 4.69) is 4.98 Å². The number of aliphatic hydroxyl groups is 1. The fraction of sp³-hybridized carbons (Fsp3) is 0.318. The highest BCUT2D eigenvalue weighted by atomic mass is 35.5. The molecule has 1 N–H and O–H groups in total. The van der Waals surface area contributed by atoms with Crippen LogP contribution in [0.3, 0.4) is 0 Å². The lowest BCUT2D eigenvalue weighted by atomic mass is 9.95. The van der Waals surface area contributed by atoms with Crippen molar-refractivity contribution in [3.05, 3.63) is 64.4 Å². The normalized spacial score (nSPS) is 18.3. The number of Topliss-reactive ketones (excluding diaryl/α,β-unsaturated/α-hetero) is 1. The van der Waals surface area contributed by atoms with Gasteiger partial charge in [-0.05, 0) is 49.2 Å². The molecule has 1 fully saturated rings. The Bertz CT molecular complexity index is 943. The number of ether oxygens (including phenoxy) is 1. The molecule has 1 aromatic carbocycles. The topological polar surface area (TPSA) is 79.7 Å². The SMILES string of the molecule is CCCCN1C(=O)C(=O)/C(=C(/O)c2cc(OCC)ccc2Cl)C1c1ccncc1. The van der Waals surface area contributed by atoms with Gasteiger partial charge in [-0.15, -0.1) is 0 Å². The highest BCUT2D eigenvalue weighted by Gasteiger charge is 2.45. The van der Waals surface area contributed by atoms with Crippen LogP contribution in [0.5, 0.6) is 5.75 Å². The maximum absolute atomic E-state index is 12.9. The monoisotopic (exact) mass is 414 g/mol. The highest BCUT2D eigenvalue weighted by Crippen LogP contribution is 2.41. The lowest BCUT2D eigenvalue weighted by Crippen LogP contribution is -2.30. The number of pyridine rings is 1. The number of hydrogen-bond donors (Lipinski definition) is 1. The first-order chi connectivity index (χ1) is 14.0. The maximum Gasteiger partial charge on any atom is 0.295 e. The van der Waals surface area contributed by atoms with Crippen LogP contribution in [-0.4, -0.2) is 39.8 Å². The van der Waals surface area contributed by atoms with Gasteiger partial charge < -0.3 is 14.7 Å². The number of unbranched alkanes of at least 4 members (excludes halogenated alkanes) is 1. The Hall–Kier alpha value is -2.86. The van der Waals surface area contributed by atoms with Crippen LogP contribution in [0, 0.1) is 0 Å². The molecule has 1 unspecified atom stereocenters. The first-order valence-corrected chi connectivity index (χ1v) is 9.98. The second-order valence-electron chi connectivity index (χ2n) is 6.70. The van der Waals surface area contributed by atoms with E-state index in [1.165, 1.54) is 4.90 Å². The smallest absolute Gasteiger partial charge is 0.295 e. The van der Waals surface area contributed by atoms with Gasteiger partial charge in [-0.25, -0.2) is 0 Å². The second kappa shape index (κ2) is 9.09. The number of likely N-dealkylation sites (tertiary alicyclic amines) is 1. The number of amides is 1. The number of aliphatic hydroxyl groups excluding tert-OH is 1. The van der Waals surface area contributed by atoms with E-state index in [-0.39, 0.29) is 21.9 Å². The number of hydrogen-bond acceptors (Lipinski definition) is 5. The van der Waals surface area contributed by atoms with Gasteiger partial charge in [0.15, 0.2) is 0 Å². The van der Waals surface area contributed by atoms with Crippen LogP contribution in [0.1, 0.15) is 43.9 Å². The minimum Gasteiger partial charge on any atom is -0.507 e. The van der Waals surface area contributed by atoms with E-state index in [9.17, 15) is 14.7 Å². The summed E-state index contributed by atoms with van der Waals surface area (Å²) < 4.78 is 5.49. The summed E-state index contributed by atoms with van der Waals surface area (Å²) in [6, 6.07) is 7.63. The zero-order chi connectivity index (χ0) is 21.0. The molecule has 152 valence electrons. The van der Waals surface area contributed by atoms with E-state index >= 15 is 0 Å². The van der Waals surface area contributed by atoms with Gasteiger partial charge in [0.2, 0.25) is 0 Å². The Labute approximate surface area is 174 Å². The fourth-order valence-corrected chi connectivity index (χ4v) is 3.63. The Balaban J connectivity index is 2.17. The number of ketones is 1. The molecule has 2 heterocycles. The minimum atomic E-state index is -0.724. The van der Waals surface area contributed by atoms with Gasteiger partial charge in [0.25, 0.3) is 11.7 Å². The van der Waals surface area contributed by atoms with Crippen molar-refractivity contribution < 1.29 is 19.4 Å². The van der Waals surface area contributed by atoms with Crippen LogP contribution >= 0.6 is 11.6 Å². The Morgan fingerprint density at radius 1 is 1.21 bits per heavy atom. The summed E-state index contributed by atoms with van der Waals surface area (Å²) in [6.45, 7) is 4.71. The predicted octanol–water partition coefficient (Wildman–Crippen LogP) is 4.36. The van der Waals surface area contributed by atoms with E-state index in [0.717, 1.165) is 12.8 Å². The molecular formula is C22H23ClN2O4. The third-order valence-electron chi connectivity index (χ3n) is 4.82. The molecule has 1 amide bonds. The molecule has 1 atom stereocenters. The number of aromatic nitrogens is 1. The number of halogens is 1. The summed E-state index contributed by atoms with van der Waals surface area (Å²) in [5.74, 6) is -1.15. The van der Waals surface area contributed by atoms with Crippen molar-refractivity contribution in [2.75, 3.05) is 13.2 Å². The molecule has 1 aliphatic rings. The molecule has 29 heavy (non-hydrogen) atoms. The second-order valence-corrected chi connectivity index (χ2v) is 7.11. The van der Waals surface area contributed by atoms with E-state index in [1.54, 1.807) is 42.7 Å². The lowest BCUT2D eigenvalue weighted by molar-refractivity contribution is -0.139. The number of carbonyl (C=O) groups is 2. The molecule has 7 heteroatoms. The largest absolute Gasteiger partial charge is 0.507 e. The van der Waals surface area contributed by atoms with Gasteiger partial charge in [-0.1, -0.05) is 24.9 Å². The van der Waals surface area contributed by atoms with Crippen molar-refractivity contribution in [2.45, 2.75) is 32.7 Å². The van der Waals surface area contributed by atoms with Crippen LogP contribution in [0.15, 0.2) is 48.3 Å². The average Bonchev–Trinajstić information content (AvgIpc) is 2.98. The standard InChI is InChI=1S/C22H23ClN2O4/c1-3-5-12-25-19(14-8-10-24-11-9-14)18(21(27)22(25)28)20(26)16-13-15(29-4-2)6-7-17(16)23/h6-11,13,19,26H,3-5,12H2,1-2H3/b20-18+. The molecule has 0 radical (unpaired) electrons. The summed E-state index contributed by atoms with van der Waals surface area (Å²) >= 11 is 6.30. The zero-order valence-corrected chi connectivity index (χ0v) is 17.1. The molecule has 0 spiro atoms. The molecule has 1 aliphatic heterocycles. The quantitative estimate of drug-likeness (QED) is 0.413. The third kappa shape index (κ3) is 4.12. The molecule has 3 rings (SSSR count). The van der Waals surface area contributed by atoms with Crippen molar-refractivity contribution >= 4 is 29.1 Å². The zero-order valence-electron chi connectivity index (χ0n) is 16.4. The van der Waals surface area contributed by atoms with Crippen LogP contribution in [-0.2, 0) is 9.59 Å². The van der Waals surface area contributed by atoms with Gasteiger partial charge in [-0.2, -0.15) is 0 Å². The first kappa shape index (κ1) is 20.9. The van der Waals surface area contributed by atoms with Gasteiger partial charge in [0, 0.05) is 24.5 Å². The number of nitrogens with zero attached hydrogens (tertiary/aromatic N) is 2. The van der Waals surface area contributed by atoms with Crippen LogP contribution in [0.2, 0.25) is 5.02 Å². The predicted molar refractivity (Wildman–Crippen MR) is 111 cm³/mol. The lowest BCUT2D eigenvalue weighted by Gasteiger charge is -2.25. The van der Waals surface area contributed by atoms with Crippen LogP contribution < -0.4 is 4.74 Å². The Morgan fingerprint density at radius 2 is 1.93 bits per heavy atom. The van der Waals surface area contributed by atoms with Gasteiger partial charge in [0.05, 0.1) is 23.2 Å². The van der Waals surface area contributed by atoms with Crippen LogP contribution in [0.4, 0.5) is 0 Å². The van der Waals surface area contributed by atoms with Gasteiger partial charge in [0.1, 0.15) is 11.5 Å². The molecule has 0 aliphatic carbocycles. The van der Waals surface area contributed by atoms with Crippen molar-refractivity contribution in [1.29, 1.82) is 0 Å². The Kier molecular flexibility index (Phi) is 6.54. The van der Waals surface area contributed by atoms with Gasteiger partial charge in [-0.3, -0.25) is 14.6 Å². The summed E-state index contributed by atoms with van der Waals surface area (Å²) in [5, 5.41) is 11.3. The summed E-state index contributed by atoms with van der Waals surface area (Å²) in [5.41, 5.74) is 0.979. The number of rotatable bonds is 7. The summed E-state index contributed by atoms with van der Waals surface area (Å²) in [4.78, 5) is 31.2. The average molecular weight is 415 g/mol. The van der Waals surface area contributed by atoms with Crippen molar-refractivity contribution in [3.63, 3.8) is 0 Å². The summed E-state index contributed by atoms with van der Waals surface area (Å²) in [7, 11) is 0. The fourth-order valence-electron chi connectivity index (χ4n) is 3.42.